The van der Waals surface area contributed by atoms with Gasteiger partial charge in [-0.2, -0.15) is 0 Å². The van der Waals surface area contributed by atoms with Gasteiger partial charge in [0.1, 0.15) is 6.10 Å². The number of aliphatic hydroxyl groups excluding tert-OH is 1. The molecule has 0 heterocycles. The van der Waals surface area contributed by atoms with E-state index < -0.39 is 18.1 Å². The van der Waals surface area contributed by atoms with Gasteiger partial charge in [0.2, 0.25) is 5.91 Å². The summed E-state index contributed by atoms with van der Waals surface area (Å²) in [6.45, 7) is 4.68. The highest BCUT2D eigenvalue weighted by molar-refractivity contribution is 5.73. The lowest BCUT2D eigenvalue weighted by molar-refractivity contribution is -0.146. The van der Waals surface area contributed by atoms with Crippen LogP contribution in [0.5, 0.6) is 0 Å². The number of carbonyl (C=O) groups excluding carboxylic acids is 2. The third kappa shape index (κ3) is 16.5. The molecule has 0 bridgehead atoms. The van der Waals surface area contributed by atoms with E-state index in [-0.39, 0.29) is 12.5 Å². The maximum absolute atomic E-state index is 11.2. The Balaban J connectivity index is 3.88. The molecular weight excluding hydrogens is 342 g/mol. The Hall–Kier alpha value is -1.36. The van der Waals surface area contributed by atoms with Crippen LogP contribution in [-0.4, -0.2) is 35.7 Å². The third-order valence-electron chi connectivity index (χ3n) is 4.58. The summed E-state index contributed by atoms with van der Waals surface area (Å²) >= 11 is 0. The van der Waals surface area contributed by atoms with Gasteiger partial charge in [-0.25, -0.2) is 0 Å². The summed E-state index contributed by atoms with van der Waals surface area (Å²) < 4.78 is 5.21. The number of nitrogens with one attached hydrogen (secondary N) is 1. The summed E-state index contributed by atoms with van der Waals surface area (Å²) in [5.41, 5.74) is 0. The normalized spacial score (nSPS) is 13.5. The van der Waals surface area contributed by atoms with Crippen LogP contribution >= 0.6 is 0 Å². The third-order valence-corrected chi connectivity index (χ3v) is 4.58. The summed E-state index contributed by atoms with van der Waals surface area (Å²) in [4.78, 5) is 22.4. The molecule has 5 nitrogen and oxygen atoms in total. The minimum absolute atomic E-state index is 0.259. The summed E-state index contributed by atoms with van der Waals surface area (Å²) in [6.07, 6.45) is 18.4. The van der Waals surface area contributed by atoms with Gasteiger partial charge in [-0.15, -0.1) is 0 Å². The van der Waals surface area contributed by atoms with E-state index in [0.29, 0.717) is 0 Å². The van der Waals surface area contributed by atoms with Gasteiger partial charge in [-0.1, -0.05) is 77.2 Å². The van der Waals surface area contributed by atoms with Gasteiger partial charge in [-0.05, 0) is 18.9 Å². The molecule has 0 spiro atoms. The summed E-state index contributed by atoms with van der Waals surface area (Å²) in [7, 11) is 0. The summed E-state index contributed by atoms with van der Waals surface area (Å²) in [6, 6.07) is -0.611. The van der Waals surface area contributed by atoms with Gasteiger partial charge < -0.3 is 15.2 Å². The molecule has 0 aliphatic heterocycles. The fourth-order valence-electron chi connectivity index (χ4n) is 3.10. The number of hydrogen-bond acceptors (Lipinski definition) is 4. The van der Waals surface area contributed by atoms with Crippen LogP contribution in [0.1, 0.15) is 97.8 Å². The van der Waals surface area contributed by atoms with Crippen LogP contribution in [0.4, 0.5) is 0 Å². The van der Waals surface area contributed by atoms with Gasteiger partial charge in [0.05, 0.1) is 12.6 Å². The fourth-order valence-corrected chi connectivity index (χ4v) is 3.10. The average Bonchev–Trinajstić information content (AvgIpc) is 2.62. The highest BCUT2D eigenvalue weighted by Crippen LogP contribution is 2.12. The average molecular weight is 384 g/mol. The number of ether oxygens (including phenoxy) is 1. The number of carbonyl (C=O) groups is 2. The SMILES string of the molecule is CCCCCCCCCCCCC/C=C/C(OC(C)=O)C(CO)NC(C)=O. The molecule has 0 saturated carbocycles. The van der Waals surface area contributed by atoms with E-state index in [1.54, 1.807) is 6.08 Å². The molecule has 0 aliphatic carbocycles. The van der Waals surface area contributed by atoms with Crippen molar-refractivity contribution in [2.24, 2.45) is 0 Å². The van der Waals surface area contributed by atoms with Crippen LogP contribution in [0.25, 0.3) is 0 Å². The molecule has 158 valence electrons. The number of rotatable bonds is 17. The lowest BCUT2D eigenvalue weighted by Crippen LogP contribution is -2.45. The second-order valence-corrected chi connectivity index (χ2v) is 7.32. The van der Waals surface area contributed by atoms with E-state index in [1.807, 2.05) is 6.08 Å². The van der Waals surface area contributed by atoms with Gasteiger partial charge in [0.25, 0.3) is 0 Å². The minimum atomic E-state index is -0.635. The number of unbranched alkanes of at least 4 members (excludes halogenated alkanes) is 11. The van der Waals surface area contributed by atoms with Crippen molar-refractivity contribution in [3.63, 3.8) is 0 Å². The van der Waals surface area contributed by atoms with Gasteiger partial charge in [0, 0.05) is 13.8 Å². The number of esters is 1. The second-order valence-electron chi connectivity index (χ2n) is 7.32. The molecule has 0 fully saturated rings. The van der Waals surface area contributed by atoms with Crippen molar-refractivity contribution in [3.05, 3.63) is 12.2 Å². The predicted molar refractivity (Wildman–Crippen MR) is 110 cm³/mol. The van der Waals surface area contributed by atoms with E-state index in [9.17, 15) is 14.7 Å². The molecule has 2 atom stereocenters. The van der Waals surface area contributed by atoms with E-state index in [4.69, 9.17) is 4.74 Å². The second kappa shape index (κ2) is 18.0. The van der Waals surface area contributed by atoms with Crippen LogP contribution in [0.15, 0.2) is 12.2 Å². The highest BCUT2D eigenvalue weighted by Gasteiger charge is 2.21. The van der Waals surface area contributed by atoms with Gasteiger partial charge in [0.15, 0.2) is 0 Å². The van der Waals surface area contributed by atoms with Crippen molar-refractivity contribution in [1.82, 2.24) is 5.32 Å². The van der Waals surface area contributed by atoms with E-state index >= 15 is 0 Å². The number of allylic oxidation sites excluding steroid dienone is 1. The predicted octanol–water partition coefficient (Wildman–Crippen LogP) is 4.67. The lowest BCUT2D eigenvalue weighted by atomic mass is 10.0. The van der Waals surface area contributed by atoms with Crippen LogP contribution < -0.4 is 5.32 Å². The largest absolute Gasteiger partial charge is 0.456 e. The van der Waals surface area contributed by atoms with Crippen molar-refractivity contribution in [2.75, 3.05) is 6.61 Å². The molecule has 0 aliphatic rings. The monoisotopic (exact) mass is 383 g/mol. The van der Waals surface area contributed by atoms with E-state index in [1.165, 1.54) is 78.1 Å². The van der Waals surface area contributed by atoms with Gasteiger partial charge >= 0.3 is 5.97 Å². The Morgan fingerprint density at radius 3 is 1.89 bits per heavy atom. The zero-order chi connectivity index (χ0) is 20.3. The van der Waals surface area contributed by atoms with Crippen molar-refractivity contribution in [3.8, 4) is 0 Å². The topological polar surface area (TPSA) is 75.6 Å². The molecule has 0 aromatic carbocycles. The molecule has 0 saturated heterocycles. The fraction of sp³-hybridized carbons (Fsp3) is 0.818. The number of aliphatic hydroxyl groups is 1. The van der Waals surface area contributed by atoms with Crippen molar-refractivity contribution in [1.29, 1.82) is 0 Å². The van der Waals surface area contributed by atoms with Crippen molar-refractivity contribution >= 4 is 11.9 Å². The Morgan fingerprint density at radius 1 is 0.926 bits per heavy atom. The molecule has 1 amide bonds. The molecule has 0 aromatic heterocycles. The first kappa shape index (κ1) is 25.6. The van der Waals surface area contributed by atoms with Gasteiger partial charge in [-0.3, -0.25) is 9.59 Å². The standard InChI is InChI=1S/C22H41NO4/c1-4-5-6-7-8-9-10-11-12-13-14-15-16-17-22(27-20(3)26)21(18-24)23-19(2)25/h16-17,21-22,24H,4-15,18H2,1-3H3,(H,23,25)/b17-16+. The highest BCUT2D eigenvalue weighted by atomic mass is 16.5. The maximum Gasteiger partial charge on any atom is 0.303 e. The smallest absolute Gasteiger partial charge is 0.303 e. The molecule has 0 aromatic rings. The van der Waals surface area contributed by atoms with Crippen LogP contribution in [0.2, 0.25) is 0 Å². The zero-order valence-corrected chi connectivity index (χ0v) is 17.7. The maximum atomic E-state index is 11.2. The molecule has 27 heavy (non-hydrogen) atoms. The van der Waals surface area contributed by atoms with Crippen LogP contribution in [-0.2, 0) is 14.3 Å². The molecule has 0 rings (SSSR count). The zero-order valence-electron chi connectivity index (χ0n) is 17.7. The lowest BCUT2D eigenvalue weighted by Gasteiger charge is -2.23. The number of amides is 1. The van der Waals surface area contributed by atoms with E-state index in [0.717, 1.165) is 12.8 Å². The van der Waals surface area contributed by atoms with Crippen molar-refractivity contribution in [2.45, 2.75) is 110 Å². The molecule has 5 heteroatoms. The Kier molecular flexibility index (Phi) is 17.1. The molecule has 2 unspecified atom stereocenters. The minimum Gasteiger partial charge on any atom is -0.456 e. The molecular formula is C22H41NO4. The molecule has 2 N–H and O–H groups in total. The van der Waals surface area contributed by atoms with Crippen LogP contribution in [0, 0.1) is 0 Å². The Morgan fingerprint density at radius 2 is 1.44 bits per heavy atom. The number of hydrogen-bond donors (Lipinski definition) is 2. The first-order valence-electron chi connectivity index (χ1n) is 10.7. The first-order chi connectivity index (χ1) is 13.0. The van der Waals surface area contributed by atoms with Crippen molar-refractivity contribution < 1.29 is 19.4 Å². The Labute approximate surface area is 165 Å². The summed E-state index contributed by atoms with van der Waals surface area (Å²) in [5.74, 6) is -0.687. The molecule has 0 radical (unpaired) electrons. The first-order valence-corrected chi connectivity index (χ1v) is 10.7. The Bertz CT molecular complexity index is 409. The van der Waals surface area contributed by atoms with E-state index in [2.05, 4.69) is 12.2 Å². The quantitative estimate of drug-likeness (QED) is 0.217. The summed E-state index contributed by atoms with van der Waals surface area (Å²) in [5, 5.41) is 12.0. The van der Waals surface area contributed by atoms with Crippen LogP contribution in [0.3, 0.4) is 0 Å².